The number of unbranched alkanes of at least 4 members (excludes halogenated alkanes) is 7. The van der Waals surface area contributed by atoms with E-state index in [2.05, 4.69) is 28.4 Å². The predicted molar refractivity (Wildman–Crippen MR) is 86.9 cm³/mol. The van der Waals surface area contributed by atoms with Crippen LogP contribution < -0.4 is 0 Å². The van der Waals surface area contributed by atoms with Crippen molar-refractivity contribution in [2.75, 3.05) is 7.11 Å². The molecule has 0 unspecified atom stereocenters. The number of rotatable bonds is 9. The molecule has 1 rings (SSSR count). The van der Waals surface area contributed by atoms with Gasteiger partial charge < -0.3 is 9.15 Å². The lowest BCUT2D eigenvalue weighted by Gasteiger charge is -2.00. The highest BCUT2D eigenvalue weighted by molar-refractivity contribution is 5.68. The molecule has 1 heterocycles. The minimum atomic E-state index is -0.103. The molecule has 0 fully saturated rings. The van der Waals surface area contributed by atoms with Gasteiger partial charge in [-0.05, 0) is 42.7 Å². The lowest BCUT2D eigenvalue weighted by Crippen LogP contribution is -1.99. The number of esters is 1. The van der Waals surface area contributed by atoms with Gasteiger partial charge in [-0.25, -0.2) is 0 Å². The van der Waals surface area contributed by atoms with Crippen LogP contribution in [0.2, 0.25) is 0 Å². The second-order valence-corrected chi connectivity index (χ2v) is 5.08. The van der Waals surface area contributed by atoms with Gasteiger partial charge in [0.15, 0.2) is 5.76 Å². The highest BCUT2D eigenvalue weighted by Gasteiger charge is 1.98. The molecule has 0 bridgehead atoms. The van der Waals surface area contributed by atoms with Crippen LogP contribution in [-0.4, -0.2) is 13.1 Å². The van der Waals surface area contributed by atoms with Crippen molar-refractivity contribution in [1.82, 2.24) is 0 Å². The smallest absolute Gasteiger partial charge is 0.305 e. The first kappa shape index (κ1) is 17.9. The summed E-state index contributed by atoms with van der Waals surface area (Å²) in [5.74, 6) is 12.1. The molecule has 22 heavy (non-hydrogen) atoms. The Kier molecular flexibility index (Phi) is 10.3. The number of methoxy groups -OCH3 is 1. The fourth-order valence-corrected chi connectivity index (χ4v) is 2.02. The first-order valence-electron chi connectivity index (χ1n) is 7.92. The van der Waals surface area contributed by atoms with E-state index < -0.39 is 0 Å². The molecule has 1 aromatic heterocycles. The molecule has 1 aromatic rings. The van der Waals surface area contributed by atoms with Crippen molar-refractivity contribution in [3.05, 3.63) is 24.2 Å². The Morgan fingerprint density at radius 2 is 1.82 bits per heavy atom. The van der Waals surface area contributed by atoms with Gasteiger partial charge in [-0.2, -0.15) is 0 Å². The summed E-state index contributed by atoms with van der Waals surface area (Å²) in [7, 11) is 1.44. The third kappa shape index (κ3) is 9.72. The molecule has 0 N–H and O–H groups in total. The molecule has 0 saturated heterocycles. The van der Waals surface area contributed by atoms with E-state index in [0.717, 1.165) is 25.7 Å². The van der Waals surface area contributed by atoms with E-state index in [1.165, 1.54) is 32.8 Å². The number of carbonyl (C=O) groups is 1. The van der Waals surface area contributed by atoms with Gasteiger partial charge in [0.2, 0.25) is 0 Å². The maximum atomic E-state index is 10.9. The summed E-state index contributed by atoms with van der Waals surface area (Å²) in [5.41, 5.74) is 0. The number of hydrogen-bond acceptors (Lipinski definition) is 3. The van der Waals surface area contributed by atoms with Crippen LogP contribution in [-0.2, 0) is 9.53 Å². The number of ether oxygens (including phenoxy) is 1. The molecule has 0 atom stereocenters. The highest BCUT2D eigenvalue weighted by atomic mass is 16.5. The molecule has 0 saturated carbocycles. The standard InChI is InChI=1S/C19H24O3/c1-21-19(20)16-12-10-8-6-4-2-3-5-7-9-11-14-18-15-13-17-22-18/h13,15,17H,2-6,8,10,12,16H2,1H3. The Labute approximate surface area is 133 Å². The molecule has 0 aliphatic rings. The molecule has 3 nitrogen and oxygen atoms in total. The Bertz CT molecular complexity index is 521. The molecular weight excluding hydrogens is 276 g/mol. The van der Waals surface area contributed by atoms with Gasteiger partial charge in [0, 0.05) is 12.8 Å². The van der Waals surface area contributed by atoms with Crippen molar-refractivity contribution in [1.29, 1.82) is 0 Å². The van der Waals surface area contributed by atoms with Crippen LogP contribution in [0.5, 0.6) is 0 Å². The third-order valence-corrected chi connectivity index (χ3v) is 3.27. The van der Waals surface area contributed by atoms with Crippen LogP contribution in [0, 0.1) is 23.7 Å². The first-order chi connectivity index (χ1) is 10.8. The van der Waals surface area contributed by atoms with Crippen molar-refractivity contribution in [2.24, 2.45) is 0 Å². The average molecular weight is 300 g/mol. The monoisotopic (exact) mass is 300 g/mol. The van der Waals surface area contributed by atoms with E-state index in [1.807, 2.05) is 12.1 Å². The second kappa shape index (κ2) is 12.6. The van der Waals surface area contributed by atoms with Crippen molar-refractivity contribution in [3.63, 3.8) is 0 Å². The summed E-state index contributed by atoms with van der Waals surface area (Å²) in [6, 6.07) is 3.63. The molecule has 0 spiro atoms. The van der Waals surface area contributed by atoms with Gasteiger partial charge in [0.25, 0.3) is 0 Å². The Hall–Kier alpha value is -2.13. The molecule has 0 aliphatic carbocycles. The van der Waals surface area contributed by atoms with Crippen molar-refractivity contribution in [2.45, 2.75) is 57.8 Å². The summed E-state index contributed by atoms with van der Waals surface area (Å²) in [4.78, 5) is 10.9. The van der Waals surface area contributed by atoms with Crippen LogP contribution in [0.4, 0.5) is 0 Å². The normalized spacial score (nSPS) is 9.32. The molecule has 0 radical (unpaired) electrons. The molecular formula is C19H24O3. The van der Waals surface area contributed by atoms with Crippen LogP contribution in [0.15, 0.2) is 22.8 Å². The molecule has 0 amide bonds. The first-order valence-corrected chi connectivity index (χ1v) is 7.92. The number of carbonyl (C=O) groups excluding carboxylic acids is 1. The third-order valence-electron chi connectivity index (χ3n) is 3.27. The molecule has 118 valence electrons. The summed E-state index contributed by atoms with van der Waals surface area (Å²) in [6.45, 7) is 0. The largest absolute Gasteiger partial charge is 0.469 e. The zero-order valence-corrected chi connectivity index (χ0v) is 13.3. The Morgan fingerprint density at radius 1 is 1.09 bits per heavy atom. The fourth-order valence-electron chi connectivity index (χ4n) is 2.02. The van der Waals surface area contributed by atoms with Crippen LogP contribution in [0.3, 0.4) is 0 Å². The Morgan fingerprint density at radius 3 is 2.50 bits per heavy atom. The van der Waals surface area contributed by atoms with Gasteiger partial charge in [0.1, 0.15) is 0 Å². The molecule has 3 heteroatoms. The topological polar surface area (TPSA) is 39.4 Å². The summed E-state index contributed by atoms with van der Waals surface area (Å²) < 4.78 is 9.69. The van der Waals surface area contributed by atoms with Crippen LogP contribution in [0.25, 0.3) is 0 Å². The Balaban J connectivity index is 1.89. The number of furan rings is 1. The summed E-state index contributed by atoms with van der Waals surface area (Å²) in [5, 5.41) is 0. The second-order valence-electron chi connectivity index (χ2n) is 5.08. The maximum Gasteiger partial charge on any atom is 0.305 e. The summed E-state index contributed by atoms with van der Waals surface area (Å²) in [6.07, 6.45) is 11.1. The highest BCUT2D eigenvalue weighted by Crippen LogP contribution is 2.09. The van der Waals surface area contributed by atoms with Crippen molar-refractivity contribution >= 4 is 5.97 Å². The van der Waals surface area contributed by atoms with Gasteiger partial charge >= 0.3 is 5.97 Å². The molecule has 0 aromatic carbocycles. The quantitative estimate of drug-likeness (QED) is 0.387. The van der Waals surface area contributed by atoms with E-state index >= 15 is 0 Å². The predicted octanol–water partition coefficient (Wildman–Crippen LogP) is 4.32. The average Bonchev–Trinajstić information content (AvgIpc) is 3.04. The van der Waals surface area contributed by atoms with E-state index in [4.69, 9.17) is 4.42 Å². The van der Waals surface area contributed by atoms with Gasteiger partial charge in [-0.3, -0.25) is 4.79 Å². The van der Waals surface area contributed by atoms with E-state index in [0.29, 0.717) is 12.2 Å². The van der Waals surface area contributed by atoms with Gasteiger partial charge in [-0.15, -0.1) is 0 Å². The molecule has 0 aliphatic heterocycles. The van der Waals surface area contributed by atoms with Gasteiger partial charge in [0.05, 0.1) is 13.4 Å². The minimum Gasteiger partial charge on any atom is -0.469 e. The van der Waals surface area contributed by atoms with Crippen LogP contribution >= 0.6 is 0 Å². The van der Waals surface area contributed by atoms with E-state index in [9.17, 15) is 4.79 Å². The maximum absolute atomic E-state index is 10.9. The zero-order valence-electron chi connectivity index (χ0n) is 13.3. The minimum absolute atomic E-state index is 0.103. The van der Waals surface area contributed by atoms with Crippen molar-refractivity contribution < 1.29 is 13.9 Å². The lowest BCUT2D eigenvalue weighted by atomic mass is 10.1. The zero-order chi connectivity index (χ0) is 15.9. The fraction of sp³-hybridized carbons (Fsp3) is 0.526. The van der Waals surface area contributed by atoms with Crippen molar-refractivity contribution in [3.8, 4) is 23.7 Å². The van der Waals surface area contributed by atoms with E-state index in [1.54, 1.807) is 6.26 Å². The lowest BCUT2D eigenvalue weighted by molar-refractivity contribution is -0.140. The van der Waals surface area contributed by atoms with Gasteiger partial charge in [-0.1, -0.05) is 38.0 Å². The SMILES string of the molecule is COC(=O)CCCCCCCCCC#CC#Cc1ccco1. The van der Waals surface area contributed by atoms with E-state index in [-0.39, 0.29) is 5.97 Å². The number of hydrogen-bond donors (Lipinski definition) is 0. The summed E-state index contributed by atoms with van der Waals surface area (Å²) >= 11 is 0. The van der Waals surface area contributed by atoms with Crippen LogP contribution in [0.1, 0.15) is 63.5 Å².